The van der Waals surface area contributed by atoms with E-state index in [4.69, 9.17) is 4.74 Å². The fourth-order valence-corrected chi connectivity index (χ4v) is 3.31. The summed E-state index contributed by atoms with van der Waals surface area (Å²) in [6.07, 6.45) is -3.70. The van der Waals surface area contributed by atoms with Crippen molar-refractivity contribution >= 4 is 35.1 Å². The lowest BCUT2D eigenvalue weighted by molar-refractivity contribution is -0.167. The van der Waals surface area contributed by atoms with E-state index in [1.54, 1.807) is 29.6 Å². The lowest BCUT2D eigenvalue weighted by Crippen LogP contribution is -2.30. The number of nitrogens with one attached hydrogen (secondary N) is 1. The summed E-state index contributed by atoms with van der Waals surface area (Å²) in [5.41, 5.74) is 0.411. The van der Waals surface area contributed by atoms with Crippen molar-refractivity contribution in [2.75, 3.05) is 19.5 Å². The molecule has 1 amide bonds. The number of esters is 1. The smallest absolute Gasteiger partial charge is 0.471 e. The van der Waals surface area contributed by atoms with E-state index in [9.17, 15) is 22.8 Å². The second-order valence-corrected chi connectivity index (χ2v) is 6.69. The van der Waals surface area contributed by atoms with Crippen LogP contribution in [0.25, 0.3) is 5.65 Å². The number of imidazole rings is 1. The van der Waals surface area contributed by atoms with Crippen molar-refractivity contribution in [3.8, 4) is 5.75 Å². The van der Waals surface area contributed by atoms with Gasteiger partial charge in [0.05, 0.1) is 19.8 Å². The molecule has 0 aliphatic carbocycles. The number of halogens is 3. The van der Waals surface area contributed by atoms with Crippen LogP contribution in [0.4, 0.5) is 19.0 Å². The number of hydrogen-bond donors (Lipinski definition) is 1. The quantitative estimate of drug-likeness (QED) is 0.627. The van der Waals surface area contributed by atoms with Crippen LogP contribution in [0.3, 0.4) is 0 Å². The van der Waals surface area contributed by atoms with Gasteiger partial charge in [0.1, 0.15) is 16.4 Å². The summed E-state index contributed by atoms with van der Waals surface area (Å²) >= 11 is 1.06. The van der Waals surface area contributed by atoms with Gasteiger partial charge in [0.2, 0.25) is 0 Å². The Morgan fingerprint density at radius 1 is 1.10 bits per heavy atom. The van der Waals surface area contributed by atoms with Gasteiger partial charge in [-0.3, -0.25) is 9.20 Å². The third kappa shape index (κ3) is 4.45. The van der Waals surface area contributed by atoms with Gasteiger partial charge in [-0.1, -0.05) is 11.8 Å². The first kappa shape index (κ1) is 20.5. The molecular weight excluding hydrogens is 411 g/mol. The molecule has 3 rings (SSSR count). The van der Waals surface area contributed by atoms with Crippen molar-refractivity contribution in [2.24, 2.45) is 0 Å². The van der Waals surface area contributed by atoms with Crippen LogP contribution in [0.2, 0.25) is 0 Å². The molecular formula is C18H14F3N3O4S. The molecule has 0 radical (unpaired) electrons. The van der Waals surface area contributed by atoms with Gasteiger partial charge in [-0.15, -0.1) is 0 Å². The molecule has 2 heterocycles. The van der Waals surface area contributed by atoms with Crippen LogP contribution in [-0.2, 0) is 9.53 Å². The van der Waals surface area contributed by atoms with Crippen LogP contribution in [0.1, 0.15) is 10.4 Å². The highest BCUT2D eigenvalue weighted by Crippen LogP contribution is 2.35. The van der Waals surface area contributed by atoms with E-state index in [-0.39, 0.29) is 22.1 Å². The molecule has 2 aromatic heterocycles. The zero-order valence-corrected chi connectivity index (χ0v) is 15.9. The number of fused-ring (bicyclic) bond motifs is 1. The zero-order valence-electron chi connectivity index (χ0n) is 15.1. The molecule has 0 unspecified atom stereocenters. The standard InChI is InChI=1S/C18H14F3N3O4S/c1-27-11-4-6-12(7-5-11)29-15-14(23-17(26)18(19,20)21)22-13-8-3-10(9-24(13)15)16(25)28-2/h3-9H,1-2H3,(H,23,26). The van der Waals surface area contributed by atoms with Crippen LogP contribution >= 0.6 is 11.8 Å². The highest BCUT2D eigenvalue weighted by atomic mass is 32.2. The van der Waals surface area contributed by atoms with Gasteiger partial charge in [0.15, 0.2) is 5.82 Å². The van der Waals surface area contributed by atoms with E-state index in [1.165, 1.54) is 36.9 Å². The molecule has 0 saturated carbocycles. The lowest BCUT2D eigenvalue weighted by atomic mass is 10.3. The Kier molecular flexibility index (Phi) is 5.69. The Balaban J connectivity index is 2.08. The monoisotopic (exact) mass is 425 g/mol. The molecule has 0 bridgehead atoms. The molecule has 0 fully saturated rings. The molecule has 0 spiro atoms. The maximum Gasteiger partial charge on any atom is 0.471 e. The summed E-state index contributed by atoms with van der Waals surface area (Å²) in [5, 5.41) is 1.98. The van der Waals surface area contributed by atoms with Crippen molar-refractivity contribution in [3.63, 3.8) is 0 Å². The van der Waals surface area contributed by atoms with E-state index >= 15 is 0 Å². The first-order valence-electron chi connectivity index (χ1n) is 8.03. The van der Waals surface area contributed by atoms with Gasteiger partial charge in [-0.05, 0) is 36.4 Å². The molecule has 11 heteroatoms. The number of pyridine rings is 1. The number of hydrogen-bond acceptors (Lipinski definition) is 6. The van der Waals surface area contributed by atoms with Gasteiger partial charge in [0, 0.05) is 11.1 Å². The fourth-order valence-electron chi connectivity index (χ4n) is 2.37. The average molecular weight is 425 g/mol. The van der Waals surface area contributed by atoms with Crippen molar-refractivity contribution < 1.29 is 32.2 Å². The molecule has 3 aromatic rings. The maximum atomic E-state index is 12.7. The molecule has 1 N–H and O–H groups in total. The molecule has 0 aliphatic heterocycles. The lowest BCUT2D eigenvalue weighted by Gasteiger charge is -2.09. The minimum absolute atomic E-state index is 0.169. The SMILES string of the molecule is COC(=O)c1ccc2nc(NC(=O)C(F)(F)F)c(Sc3ccc(OC)cc3)n2c1. The van der Waals surface area contributed by atoms with Crippen LogP contribution in [-0.4, -0.2) is 41.7 Å². The van der Waals surface area contributed by atoms with E-state index in [0.29, 0.717) is 10.6 Å². The van der Waals surface area contributed by atoms with Gasteiger partial charge < -0.3 is 14.8 Å². The molecule has 1 aromatic carbocycles. The largest absolute Gasteiger partial charge is 0.497 e. The molecule has 0 atom stereocenters. The molecule has 152 valence electrons. The number of rotatable bonds is 5. The highest BCUT2D eigenvalue weighted by molar-refractivity contribution is 7.99. The zero-order chi connectivity index (χ0) is 21.2. The van der Waals surface area contributed by atoms with Gasteiger partial charge in [-0.25, -0.2) is 9.78 Å². The number of benzene rings is 1. The number of ether oxygens (including phenoxy) is 2. The normalized spacial score (nSPS) is 11.3. The van der Waals surface area contributed by atoms with Gasteiger partial charge >= 0.3 is 18.1 Å². The van der Waals surface area contributed by atoms with Crippen LogP contribution < -0.4 is 10.1 Å². The van der Waals surface area contributed by atoms with Crippen LogP contribution in [0.15, 0.2) is 52.5 Å². The number of methoxy groups -OCH3 is 2. The molecule has 0 aliphatic rings. The summed E-state index contributed by atoms with van der Waals surface area (Å²) < 4.78 is 49.3. The predicted octanol–water partition coefficient (Wildman–Crippen LogP) is 3.78. The minimum atomic E-state index is -5.07. The second kappa shape index (κ2) is 8.03. The van der Waals surface area contributed by atoms with E-state index < -0.39 is 18.1 Å². The number of carbonyl (C=O) groups is 2. The maximum absolute atomic E-state index is 12.7. The Labute approximate surface area is 166 Å². The van der Waals surface area contributed by atoms with Crippen molar-refractivity contribution in [1.29, 1.82) is 0 Å². The number of carbonyl (C=O) groups excluding carboxylic acids is 2. The van der Waals surface area contributed by atoms with Crippen LogP contribution in [0, 0.1) is 0 Å². The number of alkyl halides is 3. The summed E-state index contributed by atoms with van der Waals surface area (Å²) in [5.74, 6) is -2.45. The summed E-state index contributed by atoms with van der Waals surface area (Å²) in [6.45, 7) is 0. The summed E-state index contributed by atoms with van der Waals surface area (Å²) in [6, 6.07) is 9.61. The Bertz CT molecular complexity index is 1060. The first-order valence-corrected chi connectivity index (χ1v) is 8.85. The van der Waals surface area contributed by atoms with E-state index in [1.807, 2.05) is 0 Å². The van der Waals surface area contributed by atoms with Crippen LogP contribution in [0.5, 0.6) is 5.75 Å². The topological polar surface area (TPSA) is 81.9 Å². The molecule has 0 saturated heterocycles. The van der Waals surface area contributed by atoms with Gasteiger partial charge in [-0.2, -0.15) is 13.2 Å². The van der Waals surface area contributed by atoms with Crippen molar-refractivity contribution in [2.45, 2.75) is 16.1 Å². The number of anilines is 1. The number of amides is 1. The fraction of sp³-hybridized carbons (Fsp3) is 0.167. The third-order valence-corrected chi connectivity index (χ3v) is 4.85. The highest BCUT2D eigenvalue weighted by Gasteiger charge is 2.39. The molecule has 29 heavy (non-hydrogen) atoms. The summed E-state index contributed by atoms with van der Waals surface area (Å²) in [4.78, 5) is 28.0. The third-order valence-electron chi connectivity index (χ3n) is 3.76. The number of aromatic nitrogens is 2. The second-order valence-electron chi connectivity index (χ2n) is 5.63. The Hall–Kier alpha value is -3.21. The van der Waals surface area contributed by atoms with Crippen molar-refractivity contribution in [3.05, 3.63) is 48.2 Å². The number of nitrogens with zero attached hydrogens (tertiary/aromatic N) is 2. The average Bonchev–Trinajstić information content (AvgIpc) is 3.03. The van der Waals surface area contributed by atoms with Gasteiger partial charge in [0.25, 0.3) is 0 Å². The predicted molar refractivity (Wildman–Crippen MR) is 98.3 cm³/mol. The summed E-state index contributed by atoms with van der Waals surface area (Å²) in [7, 11) is 2.72. The minimum Gasteiger partial charge on any atom is -0.497 e. The first-order chi connectivity index (χ1) is 13.7. The Morgan fingerprint density at radius 2 is 1.79 bits per heavy atom. The van der Waals surface area contributed by atoms with E-state index in [0.717, 1.165) is 11.8 Å². The van der Waals surface area contributed by atoms with E-state index in [2.05, 4.69) is 9.72 Å². The Morgan fingerprint density at radius 3 is 2.38 bits per heavy atom. The molecule has 7 nitrogen and oxygen atoms in total. The van der Waals surface area contributed by atoms with Crippen molar-refractivity contribution in [1.82, 2.24) is 9.38 Å².